The molecule has 1 aromatic carbocycles. The number of ether oxygens (including phenoxy) is 1. The van der Waals surface area contributed by atoms with Crippen molar-refractivity contribution in [3.05, 3.63) is 52.2 Å². The van der Waals surface area contributed by atoms with Crippen molar-refractivity contribution in [2.24, 2.45) is 0 Å². The normalized spacial score (nSPS) is 16.8. The van der Waals surface area contributed by atoms with Crippen molar-refractivity contribution in [3.63, 3.8) is 0 Å². The number of carbonyl (C=O) groups excluding carboxylic acids is 1. The minimum absolute atomic E-state index is 0.0366. The van der Waals surface area contributed by atoms with Crippen LogP contribution in [-0.4, -0.2) is 57.2 Å². The third-order valence-electron chi connectivity index (χ3n) is 5.04. The SMILES string of the molecule is CC(C)(C)OC(=O)N1CCNCC1Cc1ccc2oc(-c3cccc([N+](=O)[O-])c3)nc2n1. The maximum Gasteiger partial charge on any atom is 0.410 e. The molecule has 1 aliphatic heterocycles. The number of carbonyl (C=O) groups is 1. The van der Waals surface area contributed by atoms with Crippen molar-refractivity contribution >= 4 is 23.0 Å². The summed E-state index contributed by atoms with van der Waals surface area (Å²) in [6.07, 6.45) is 0.195. The molecule has 0 radical (unpaired) electrons. The number of nitrogens with one attached hydrogen (secondary N) is 1. The Hall–Kier alpha value is -3.53. The van der Waals surface area contributed by atoms with E-state index in [0.29, 0.717) is 42.8 Å². The van der Waals surface area contributed by atoms with E-state index in [1.165, 1.54) is 12.1 Å². The molecule has 10 heteroatoms. The number of hydrogen-bond acceptors (Lipinski definition) is 8. The third kappa shape index (κ3) is 4.86. The molecule has 1 N–H and O–H groups in total. The third-order valence-corrected chi connectivity index (χ3v) is 5.04. The Bertz CT molecular complexity index is 1150. The summed E-state index contributed by atoms with van der Waals surface area (Å²) in [6, 6.07) is 9.63. The van der Waals surface area contributed by atoms with Crippen LogP contribution in [0.25, 0.3) is 22.7 Å². The molecule has 1 saturated heterocycles. The van der Waals surface area contributed by atoms with E-state index >= 15 is 0 Å². The molecule has 0 saturated carbocycles. The Morgan fingerprint density at radius 2 is 2.12 bits per heavy atom. The van der Waals surface area contributed by atoms with Crippen LogP contribution < -0.4 is 5.32 Å². The molecule has 3 aromatic rings. The zero-order valence-corrected chi connectivity index (χ0v) is 18.2. The summed E-state index contributed by atoms with van der Waals surface area (Å²) in [6.45, 7) is 7.45. The van der Waals surface area contributed by atoms with Crippen molar-refractivity contribution in [1.29, 1.82) is 0 Å². The fourth-order valence-corrected chi connectivity index (χ4v) is 3.59. The van der Waals surface area contributed by atoms with Crippen LogP contribution in [0.2, 0.25) is 0 Å². The number of nitrogens with zero attached hydrogens (tertiary/aromatic N) is 4. The second-order valence-electron chi connectivity index (χ2n) is 8.69. The Balaban J connectivity index is 1.55. The lowest BCUT2D eigenvalue weighted by Gasteiger charge is -2.37. The van der Waals surface area contributed by atoms with Crippen LogP contribution in [0.4, 0.5) is 10.5 Å². The maximum absolute atomic E-state index is 12.6. The highest BCUT2D eigenvalue weighted by molar-refractivity contribution is 5.73. The summed E-state index contributed by atoms with van der Waals surface area (Å²) in [7, 11) is 0. The van der Waals surface area contributed by atoms with Gasteiger partial charge in [0.15, 0.2) is 11.2 Å². The van der Waals surface area contributed by atoms with Crippen LogP contribution in [0, 0.1) is 10.1 Å². The van der Waals surface area contributed by atoms with Gasteiger partial charge in [-0.15, -0.1) is 0 Å². The number of piperazine rings is 1. The molecule has 1 unspecified atom stereocenters. The van der Waals surface area contributed by atoms with Gasteiger partial charge < -0.3 is 19.4 Å². The quantitative estimate of drug-likeness (QED) is 0.483. The lowest BCUT2D eigenvalue weighted by molar-refractivity contribution is -0.384. The largest absolute Gasteiger partial charge is 0.444 e. The first kappa shape index (κ1) is 21.7. The summed E-state index contributed by atoms with van der Waals surface area (Å²) in [5, 5.41) is 14.4. The van der Waals surface area contributed by atoms with E-state index in [4.69, 9.17) is 9.15 Å². The van der Waals surface area contributed by atoms with E-state index in [2.05, 4.69) is 15.3 Å². The second kappa shape index (κ2) is 8.54. The number of nitro groups is 1. The molecule has 4 rings (SSSR count). The maximum atomic E-state index is 12.6. The van der Waals surface area contributed by atoms with Gasteiger partial charge in [-0.1, -0.05) is 6.07 Å². The smallest absolute Gasteiger partial charge is 0.410 e. The molecule has 2 aromatic heterocycles. The first-order valence-electron chi connectivity index (χ1n) is 10.4. The Kier molecular flexibility index (Phi) is 5.79. The molecule has 0 spiro atoms. The Labute approximate surface area is 184 Å². The van der Waals surface area contributed by atoms with Gasteiger partial charge in [0.25, 0.3) is 5.69 Å². The number of rotatable bonds is 4. The van der Waals surface area contributed by atoms with Crippen LogP contribution in [0.1, 0.15) is 26.5 Å². The number of nitro benzene ring substituents is 1. The van der Waals surface area contributed by atoms with E-state index in [9.17, 15) is 14.9 Å². The lowest BCUT2D eigenvalue weighted by Crippen LogP contribution is -2.55. The number of amides is 1. The van der Waals surface area contributed by atoms with Gasteiger partial charge in [-0.25, -0.2) is 9.78 Å². The average molecular weight is 439 g/mol. The summed E-state index contributed by atoms with van der Waals surface area (Å²) in [4.78, 5) is 34.0. The highest BCUT2D eigenvalue weighted by Crippen LogP contribution is 2.26. The highest BCUT2D eigenvalue weighted by atomic mass is 16.6. The first-order valence-corrected chi connectivity index (χ1v) is 10.4. The molecule has 168 valence electrons. The van der Waals surface area contributed by atoms with Gasteiger partial charge in [0, 0.05) is 49.4 Å². The van der Waals surface area contributed by atoms with Gasteiger partial charge in [0.05, 0.1) is 11.0 Å². The van der Waals surface area contributed by atoms with Crippen LogP contribution >= 0.6 is 0 Å². The zero-order valence-electron chi connectivity index (χ0n) is 18.2. The van der Waals surface area contributed by atoms with Crippen molar-refractivity contribution in [2.45, 2.75) is 38.8 Å². The lowest BCUT2D eigenvalue weighted by atomic mass is 10.1. The predicted octanol–water partition coefficient (Wildman–Crippen LogP) is 3.55. The second-order valence-corrected chi connectivity index (χ2v) is 8.69. The van der Waals surface area contributed by atoms with Crippen LogP contribution in [0.3, 0.4) is 0 Å². The number of hydrogen-bond donors (Lipinski definition) is 1. The van der Waals surface area contributed by atoms with E-state index < -0.39 is 10.5 Å². The van der Waals surface area contributed by atoms with Gasteiger partial charge in [-0.05, 0) is 39.0 Å². The first-order chi connectivity index (χ1) is 15.2. The van der Waals surface area contributed by atoms with E-state index in [1.54, 1.807) is 23.1 Å². The fourth-order valence-electron chi connectivity index (χ4n) is 3.59. The monoisotopic (exact) mass is 439 g/mol. The van der Waals surface area contributed by atoms with Crippen molar-refractivity contribution in [1.82, 2.24) is 20.2 Å². The standard InChI is InChI=1S/C22H25N5O5/c1-22(2,3)32-21(28)26-10-9-23-13-17(26)12-15-7-8-18-19(24-15)25-20(31-18)14-5-4-6-16(11-14)27(29)30/h4-8,11,17,23H,9-10,12-13H2,1-3H3. The van der Waals surface area contributed by atoms with Gasteiger partial charge >= 0.3 is 6.09 Å². The summed E-state index contributed by atoms with van der Waals surface area (Å²) in [5.41, 5.74) is 1.57. The fraction of sp³-hybridized carbons (Fsp3) is 0.409. The van der Waals surface area contributed by atoms with Gasteiger partial charge in [0.1, 0.15) is 5.60 Å². The molecule has 32 heavy (non-hydrogen) atoms. The average Bonchev–Trinajstić information content (AvgIpc) is 3.16. The molecule has 3 heterocycles. The number of pyridine rings is 1. The molecule has 0 aliphatic carbocycles. The number of aromatic nitrogens is 2. The number of oxazole rings is 1. The zero-order chi connectivity index (χ0) is 22.9. The number of fused-ring (bicyclic) bond motifs is 1. The predicted molar refractivity (Wildman–Crippen MR) is 117 cm³/mol. The van der Waals surface area contributed by atoms with E-state index in [-0.39, 0.29) is 23.7 Å². The number of benzene rings is 1. The molecule has 1 aliphatic rings. The molecular weight excluding hydrogens is 414 g/mol. The van der Waals surface area contributed by atoms with Gasteiger partial charge in [-0.2, -0.15) is 4.98 Å². The minimum Gasteiger partial charge on any atom is -0.444 e. The molecule has 1 fully saturated rings. The van der Waals surface area contributed by atoms with Gasteiger partial charge in [-0.3, -0.25) is 10.1 Å². The van der Waals surface area contributed by atoms with E-state index in [0.717, 1.165) is 5.69 Å². The van der Waals surface area contributed by atoms with Crippen molar-refractivity contribution < 1.29 is 18.9 Å². The summed E-state index contributed by atoms with van der Waals surface area (Å²) in [5.74, 6) is 0.267. The molecule has 1 atom stereocenters. The molecule has 1 amide bonds. The van der Waals surface area contributed by atoms with Crippen molar-refractivity contribution in [3.8, 4) is 11.5 Å². The van der Waals surface area contributed by atoms with E-state index in [1.807, 2.05) is 26.8 Å². The molecule has 0 bridgehead atoms. The van der Waals surface area contributed by atoms with Crippen LogP contribution in [0.15, 0.2) is 40.8 Å². The molecular formula is C22H25N5O5. The van der Waals surface area contributed by atoms with Gasteiger partial charge in [0.2, 0.25) is 5.89 Å². The highest BCUT2D eigenvalue weighted by Gasteiger charge is 2.31. The Morgan fingerprint density at radius 1 is 1.31 bits per heavy atom. The topological polar surface area (TPSA) is 124 Å². The summed E-state index contributed by atoms with van der Waals surface area (Å²) >= 11 is 0. The van der Waals surface area contributed by atoms with Crippen molar-refractivity contribution in [2.75, 3.05) is 19.6 Å². The van der Waals surface area contributed by atoms with Crippen LogP contribution in [-0.2, 0) is 11.2 Å². The summed E-state index contributed by atoms with van der Waals surface area (Å²) < 4.78 is 11.3. The minimum atomic E-state index is -0.562. The number of non-ortho nitro benzene ring substituents is 1. The Morgan fingerprint density at radius 3 is 2.88 bits per heavy atom. The molecule has 10 nitrogen and oxygen atoms in total. The van der Waals surface area contributed by atoms with Crippen LogP contribution in [0.5, 0.6) is 0 Å².